The van der Waals surface area contributed by atoms with Crippen molar-refractivity contribution in [3.05, 3.63) is 29.2 Å². The maximum atomic E-state index is 12.3. The maximum absolute atomic E-state index is 12.3. The van der Waals surface area contributed by atoms with E-state index in [-0.39, 0.29) is 24.1 Å². The van der Waals surface area contributed by atoms with Crippen molar-refractivity contribution in [1.82, 2.24) is 19.9 Å². The average molecular weight is 445 g/mol. The quantitative estimate of drug-likeness (QED) is 0.727. The number of likely N-dealkylation sites (tertiary alicyclic amines) is 1. The third kappa shape index (κ3) is 3.71. The van der Waals surface area contributed by atoms with E-state index in [9.17, 15) is 4.79 Å². The van der Waals surface area contributed by atoms with Crippen molar-refractivity contribution in [2.45, 2.75) is 38.5 Å². The number of amides is 1. The second-order valence-corrected chi connectivity index (χ2v) is 8.46. The van der Waals surface area contributed by atoms with Gasteiger partial charge in [-0.1, -0.05) is 11.6 Å². The average Bonchev–Trinajstić information content (AvgIpc) is 3.40. The SMILES string of the molecule is CCN1c2ncnc(OC3CCN(C(=O)C4CC4)C3)c2NC1c1cnc(OC)c(Cl)c1. The molecule has 0 aromatic carbocycles. The van der Waals surface area contributed by atoms with Gasteiger partial charge in [0.1, 0.15) is 29.3 Å². The van der Waals surface area contributed by atoms with E-state index < -0.39 is 0 Å². The van der Waals surface area contributed by atoms with Gasteiger partial charge in [0.25, 0.3) is 0 Å². The highest BCUT2D eigenvalue weighted by molar-refractivity contribution is 6.31. The van der Waals surface area contributed by atoms with Crippen molar-refractivity contribution < 1.29 is 14.3 Å². The maximum Gasteiger partial charge on any atom is 0.243 e. The predicted molar refractivity (Wildman–Crippen MR) is 116 cm³/mol. The van der Waals surface area contributed by atoms with Crippen LogP contribution in [0.25, 0.3) is 0 Å². The topological polar surface area (TPSA) is 92.7 Å². The lowest BCUT2D eigenvalue weighted by atomic mass is 10.2. The summed E-state index contributed by atoms with van der Waals surface area (Å²) in [4.78, 5) is 29.5. The van der Waals surface area contributed by atoms with Crippen LogP contribution in [0.2, 0.25) is 5.02 Å². The van der Waals surface area contributed by atoms with Crippen LogP contribution in [0.5, 0.6) is 11.8 Å². The molecule has 4 heterocycles. The first-order valence-corrected chi connectivity index (χ1v) is 11.0. The summed E-state index contributed by atoms with van der Waals surface area (Å²) in [5, 5.41) is 3.92. The molecule has 2 aromatic rings. The number of ether oxygens (including phenoxy) is 2. The van der Waals surface area contributed by atoms with Gasteiger partial charge in [0.2, 0.25) is 17.7 Å². The summed E-state index contributed by atoms with van der Waals surface area (Å²) in [6, 6.07) is 1.84. The fraction of sp³-hybridized carbons (Fsp3) is 0.524. The summed E-state index contributed by atoms with van der Waals surface area (Å²) < 4.78 is 11.4. The van der Waals surface area contributed by atoms with E-state index in [1.165, 1.54) is 13.4 Å². The Hall–Kier alpha value is -2.81. The smallest absolute Gasteiger partial charge is 0.243 e. The Bertz CT molecular complexity index is 1000. The fourth-order valence-corrected chi connectivity index (χ4v) is 4.49. The number of hydrogen-bond donors (Lipinski definition) is 1. The summed E-state index contributed by atoms with van der Waals surface area (Å²) in [5.74, 6) is 2.16. The lowest BCUT2D eigenvalue weighted by molar-refractivity contribution is -0.131. The Morgan fingerprint density at radius 3 is 2.81 bits per heavy atom. The van der Waals surface area contributed by atoms with Gasteiger partial charge in [-0.2, -0.15) is 4.98 Å². The molecule has 0 bridgehead atoms. The van der Waals surface area contributed by atoms with Crippen LogP contribution >= 0.6 is 11.6 Å². The van der Waals surface area contributed by atoms with Gasteiger partial charge in [-0.25, -0.2) is 9.97 Å². The predicted octanol–water partition coefficient (Wildman–Crippen LogP) is 2.87. The van der Waals surface area contributed by atoms with Gasteiger partial charge < -0.3 is 24.6 Å². The third-order valence-electron chi connectivity index (χ3n) is 6.00. The molecule has 9 nitrogen and oxygen atoms in total. The van der Waals surface area contributed by atoms with Crippen LogP contribution in [-0.2, 0) is 4.79 Å². The van der Waals surface area contributed by atoms with Crippen LogP contribution in [0.1, 0.15) is 37.9 Å². The van der Waals surface area contributed by atoms with E-state index in [1.807, 2.05) is 11.0 Å². The molecule has 10 heteroatoms. The van der Waals surface area contributed by atoms with E-state index in [4.69, 9.17) is 21.1 Å². The molecule has 2 fully saturated rings. The molecule has 31 heavy (non-hydrogen) atoms. The lowest BCUT2D eigenvalue weighted by Gasteiger charge is -2.24. The second kappa shape index (κ2) is 8.03. The molecular formula is C21H25ClN6O3. The first-order chi connectivity index (χ1) is 15.1. The van der Waals surface area contributed by atoms with Gasteiger partial charge >= 0.3 is 0 Å². The Morgan fingerprint density at radius 2 is 2.10 bits per heavy atom. The zero-order chi connectivity index (χ0) is 21.5. The van der Waals surface area contributed by atoms with Crippen molar-refractivity contribution in [1.29, 1.82) is 0 Å². The van der Waals surface area contributed by atoms with Gasteiger partial charge in [-0.15, -0.1) is 0 Å². The number of aromatic nitrogens is 3. The van der Waals surface area contributed by atoms with Gasteiger partial charge in [-0.05, 0) is 25.8 Å². The monoisotopic (exact) mass is 444 g/mol. The van der Waals surface area contributed by atoms with Crippen molar-refractivity contribution >= 4 is 29.0 Å². The zero-order valence-electron chi connectivity index (χ0n) is 17.5. The molecule has 1 amide bonds. The number of halogens is 1. The molecular weight excluding hydrogens is 420 g/mol. The van der Waals surface area contributed by atoms with Crippen LogP contribution in [0.3, 0.4) is 0 Å². The lowest BCUT2D eigenvalue weighted by Crippen LogP contribution is -2.32. The normalized spacial score (nSPS) is 22.3. The minimum atomic E-state index is -0.202. The molecule has 2 atom stereocenters. The summed E-state index contributed by atoms with van der Waals surface area (Å²) >= 11 is 6.30. The van der Waals surface area contributed by atoms with E-state index in [2.05, 4.69) is 32.1 Å². The Labute approximate surface area is 185 Å². The molecule has 5 rings (SSSR count). The highest BCUT2D eigenvalue weighted by Crippen LogP contribution is 2.44. The number of nitrogens with one attached hydrogen (secondary N) is 1. The van der Waals surface area contributed by atoms with E-state index in [0.717, 1.165) is 49.4 Å². The summed E-state index contributed by atoms with van der Waals surface area (Å²) in [5.41, 5.74) is 1.63. The number of nitrogens with zero attached hydrogens (tertiary/aromatic N) is 5. The van der Waals surface area contributed by atoms with Crippen molar-refractivity contribution in [3.63, 3.8) is 0 Å². The van der Waals surface area contributed by atoms with Crippen LogP contribution in [0, 0.1) is 5.92 Å². The molecule has 2 aromatic heterocycles. The highest BCUT2D eigenvalue weighted by Gasteiger charge is 2.39. The Balaban J connectivity index is 1.35. The number of pyridine rings is 1. The molecule has 1 saturated heterocycles. The van der Waals surface area contributed by atoms with E-state index in [0.29, 0.717) is 23.3 Å². The number of methoxy groups -OCH3 is 1. The largest absolute Gasteiger partial charge is 0.480 e. The first kappa shape index (κ1) is 20.1. The van der Waals surface area contributed by atoms with E-state index in [1.54, 1.807) is 6.20 Å². The van der Waals surface area contributed by atoms with Crippen LogP contribution in [0.4, 0.5) is 11.5 Å². The van der Waals surface area contributed by atoms with Crippen LogP contribution in [-0.4, -0.2) is 58.6 Å². The summed E-state index contributed by atoms with van der Waals surface area (Å²) in [6.07, 6.45) is 5.81. The van der Waals surface area contributed by atoms with E-state index >= 15 is 0 Å². The number of anilines is 2. The number of carbonyl (C=O) groups is 1. The molecule has 164 valence electrons. The standard InChI is InChI=1S/C21H25ClN6O3/c1-3-28-17(13-8-15(22)19(30-2)23-9-13)26-16-18(28)24-11-25-20(16)31-14-6-7-27(10-14)21(29)12-4-5-12/h8-9,11-12,14,17,26H,3-7,10H2,1-2H3. The fourth-order valence-electron chi connectivity index (χ4n) is 4.24. The molecule has 0 radical (unpaired) electrons. The van der Waals surface area contributed by atoms with Crippen LogP contribution in [0.15, 0.2) is 18.6 Å². The third-order valence-corrected chi connectivity index (χ3v) is 6.27. The minimum absolute atomic E-state index is 0.0743. The first-order valence-electron chi connectivity index (χ1n) is 10.6. The Morgan fingerprint density at radius 1 is 1.26 bits per heavy atom. The molecule has 0 spiro atoms. The molecule has 1 aliphatic carbocycles. The van der Waals surface area contributed by atoms with Crippen molar-refractivity contribution in [2.24, 2.45) is 5.92 Å². The molecule has 1 N–H and O–H groups in total. The zero-order valence-corrected chi connectivity index (χ0v) is 18.3. The van der Waals surface area contributed by atoms with Crippen LogP contribution < -0.4 is 19.7 Å². The molecule has 2 aliphatic heterocycles. The van der Waals surface area contributed by atoms with Crippen molar-refractivity contribution in [2.75, 3.05) is 37.0 Å². The summed E-state index contributed by atoms with van der Waals surface area (Å²) in [6.45, 7) is 4.12. The van der Waals surface area contributed by atoms with Gasteiger partial charge in [0.15, 0.2) is 5.82 Å². The van der Waals surface area contributed by atoms with Crippen molar-refractivity contribution in [3.8, 4) is 11.8 Å². The number of hydrogen-bond acceptors (Lipinski definition) is 8. The minimum Gasteiger partial charge on any atom is -0.480 e. The molecule has 2 unspecified atom stereocenters. The van der Waals surface area contributed by atoms with Gasteiger partial charge in [0, 0.05) is 37.2 Å². The van der Waals surface area contributed by atoms with Gasteiger partial charge in [-0.3, -0.25) is 4.79 Å². The Kier molecular flexibility index (Phi) is 5.21. The molecule has 1 saturated carbocycles. The number of rotatable bonds is 6. The molecule has 3 aliphatic rings. The van der Waals surface area contributed by atoms with Gasteiger partial charge in [0.05, 0.1) is 13.7 Å². The summed E-state index contributed by atoms with van der Waals surface area (Å²) in [7, 11) is 1.54. The second-order valence-electron chi connectivity index (χ2n) is 8.06. The highest BCUT2D eigenvalue weighted by atomic mass is 35.5. The number of carbonyl (C=O) groups excluding carboxylic acids is 1. The number of fused-ring (bicyclic) bond motifs is 1.